The quantitative estimate of drug-likeness (QED) is 0.702. The second-order valence-corrected chi connectivity index (χ2v) is 9.17. The Morgan fingerprint density at radius 1 is 1.19 bits per heavy atom. The van der Waals surface area contributed by atoms with Crippen molar-refractivity contribution >= 4 is 27.0 Å². The maximum absolute atomic E-state index is 13.0. The second-order valence-electron chi connectivity index (χ2n) is 6.32. The van der Waals surface area contributed by atoms with Gasteiger partial charge in [-0.1, -0.05) is 25.1 Å². The van der Waals surface area contributed by atoms with Crippen LogP contribution in [0.15, 0.2) is 35.2 Å². The van der Waals surface area contributed by atoms with Crippen molar-refractivity contribution in [2.24, 2.45) is 7.05 Å². The molecule has 0 amide bonds. The molecule has 0 aliphatic carbocycles. The number of sulfonamides is 1. The largest absolute Gasteiger partial charge is 0.345 e. The molecule has 0 unspecified atom stereocenters. The molecule has 0 saturated carbocycles. The number of benzene rings is 1. The molecule has 7 heteroatoms. The molecule has 5 nitrogen and oxygen atoms in total. The molecule has 0 atom stereocenters. The fraction of sp³-hybridized carbons (Fsp3) is 0.316. The molecule has 3 rings (SSSR count). The van der Waals surface area contributed by atoms with E-state index in [0.717, 1.165) is 33.3 Å². The van der Waals surface area contributed by atoms with Crippen LogP contribution in [-0.2, 0) is 23.5 Å². The van der Waals surface area contributed by atoms with Crippen molar-refractivity contribution in [2.75, 3.05) is 4.72 Å². The first kappa shape index (κ1) is 18.7. The predicted octanol–water partition coefficient (Wildman–Crippen LogP) is 4.44. The number of thiazole rings is 1. The predicted molar refractivity (Wildman–Crippen MR) is 107 cm³/mol. The van der Waals surface area contributed by atoms with E-state index < -0.39 is 10.0 Å². The van der Waals surface area contributed by atoms with Gasteiger partial charge in [0.25, 0.3) is 10.0 Å². The van der Waals surface area contributed by atoms with Crippen LogP contribution in [0.1, 0.15) is 28.8 Å². The monoisotopic (exact) mass is 389 g/mol. The molecule has 2 heterocycles. The van der Waals surface area contributed by atoms with Gasteiger partial charge in [-0.25, -0.2) is 13.4 Å². The van der Waals surface area contributed by atoms with Crippen LogP contribution >= 0.6 is 11.3 Å². The molecular weight excluding hydrogens is 366 g/mol. The topological polar surface area (TPSA) is 64.0 Å². The highest BCUT2D eigenvalue weighted by Gasteiger charge is 2.24. The third-order valence-electron chi connectivity index (χ3n) is 4.67. The number of nitrogens with one attached hydrogen (secondary N) is 1. The molecule has 0 aliphatic rings. The van der Waals surface area contributed by atoms with Gasteiger partial charge >= 0.3 is 0 Å². The molecule has 0 spiro atoms. The first-order chi connectivity index (χ1) is 12.2. The van der Waals surface area contributed by atoms with Crippen LogP contribution in [0, 0.1) is 20.8 Å². The number of aryl methyl sites for hydroxylation is 3. The summed E-state index contributed by atoms with van der Waals surface area (Å²) in [5.41, 5.74) is 4.07. The van der Waals surface area contributed by atoms with Gasteiger partial charge in [-0.2, -0.15) is 0 Å². The molecule has 3 aromatic rings. The summed E-state index contributed by atoms with van der Waals surface area (Å²) in [6.07, 6.45) is 0.759. The Kier molecular flexibility index (Phi) is 4.94. The average molecular weight is 390 g/mol. The first-order valence-electron chi connectivity index (χ1n) is 8.46. The van der Waals surface area contributed by atoms with E-state index in [1.165, 1.54) is 0 Å². The van der Waals surface area contributed by atoms with Crippen molar-refractivity contribution in [3.63, 3.8) is 0 Å². The number of hydrogen-bond donors (Lipinski definition) is 1. The van der Waals surface area contributed by atoms with E-state index in [1.54, 1.807) is 23.5 Å². The van der Waals surface area contributed by atoms with Gasteiger partial charge in [0.05, 0.1) is 17.1 Å². The summed E-state index contributed by atoms with van der Waals surface area (Å²) in [5, 5.41) is 0.834. The summed E-state index contributed by atoms with van der Waals surface area (Å²) in [6.45, 7) is 7.81. The highest BCUT2D eigenvalue weighted by Crippen LogP contribution is 2.32. The molecule has 138 valence electrons. The van der Waals surface area contributed by atoms with Crippen molar-refractivity contribution in [3.8, 4) is 10.7 Å². The van der Waals surface area contributed by atoms with Crippen molar-refractivity contribution in [2.45, 2.75) is 39.0 Å². The number of rotatable bonds is 5. The Morgan fingerprint density at radius 2 is 1.88 bits per heavy atom. The molecule has 0 radical (unpaired) electrons. The summed E-state index contributed by atoms with van der Waals surface area (Å²) in [4.78, 5) is 5.99. The second kappa shape index (κ2) is 6.89. The Hall–Kier alpha value is -2.12. The minimum Gasteiger partial charge on any atom is -0.345 e. The fourth-order valence-electron chi connectivity index (χ4n) is 2.86. The van der Waals surface area contributed by atoms with E-state index in [9.17, 15) is 8.42 Å². The van der Waals surface area contributed by atoms with Gasteiger partial charge in [0, 0.05) is 17.6 Å². The fourth-order valence-corrected chi connectivity index (χ4v) is 5.22. The Labute approximate surface area is 158 Å². The molecule has 0 fully saturated rings. The van der Waals surface area contributed by atoms with Crippen LogP contribution < -0.4 is 4.72 Å². The number of para-hydroxylation sites is 1. The van der Waals surface area contributed by atoms with E-state index in [1.807, 2.05) is 57.5 Å². The summed E-state index contributed by atoms with van der Waals surface area (Å²) >= 11 is 1.58. The lowest BCUT2D eigenvalue weighted by Gasteiger charge is -2.11. The molecular formula is C19H23N3O2S2. The van der Waals surface area contributed by atoms with Crippen molar-refractivity contribution in [1.29, 1.82) is 0 Å². The van der Waals surface area contributed by atoms with Gasteiger partial charge in [-0.15, -0.1) is 11.3 Å². The third kappa shape index (κ3) is 3.29. The van der Waals surface area contributed by atoms with E-state index in [0.29, 0.717) is 11.4 Å². The summed E-state index contributed by atoms with van der Waals surface area (Å²) in [5.74, 6) is 0. The summed E-state index contributed by atoms with van der Waals surface area (Å²) < 4.78 is 30.7. The SMILES string of the molecule is CCc1ccccc1NS(=O)(=O)c1cc(-c2nc(C)c(C)s2)n(C)c1C. The average Bonchev–Trinajstić information content (AvgIpc) is 3.08. The maximum Gasteiger partial charge on any atom is 0.263 e. The number of aromatic nitrogens is 2. The number of anilines is 1. The van der Waals surface area contributed by atoms with Crippen molar-refractivity contribution in [1.82, 2.24) is 9.55 Å². The van der Waals surface area contributed by atoms with E-state index in [2.05, 4.69) is 9.71 Å². The van der Waals surface area contributed by atoms with Crippen LogP contribution in [0.5, 0.6) is 0 Å². The van der Waals surface area contributed by atoms with Gasteiger partial charge in [-0.3, -0.25) is 4.72 Å². The molecule has 0 saturated heterocycles. The Bertz CT molecular complexity index is 1040. The highest BCUT2D eigenvalue weighted by atomic mass is 32.2. The van der Waals surface area contributed by atoms with Crippen LogP contribution in [0.25, 0.3) is 10.7 Å². The molecule has 0 aliphatic heterocycles. The number of nitrogens with zero attached hydrogens (tertiary/aromatic N) is 2. The van der Waals surface area contributed by atoms with E-state index in [4.69, 9.17) is 0 Å². The zero-order chi connectivity index (χ0) is 19.1. The minimum atomic E-state index is -3.68. The van der Waals surface area contributed by atoms with Gasteiger partial charge in [0.15, 0.2) is 0 Å². The zero-order valence-electron chi connectivity index (χ0n) is 15.6. The standard InChI is InChI=1S/C19H23N3O2S2/c1-6-15-9-7-8-10-16(15)21-26(23,24)18-11-17(22(5)13(18)3)19-20-12(2)14(4)25-19/h7-11,21H,6H2,1-5H3. The summed E-state index contributed by atoms with van der Waals surface area (Å²) in [6, 6.07) is 9.19. The smallest absolute Gasteiger partial charge is 0.263 e. The van der Waals surface area contributed by atoms with Gasteiger partial charge in [0.1, 0.15) is 9.90 Å². The first-order valence-corrected chi connectivity index (χ1v) is 10.8. The van der Waals surface area contributed by atoms with Crippen molar-refractivity contribution < 1.29 is 8.42 Å². The summed E-state index contributed by atoms with van der Waals surface area (Å²) in [7, 11) is -1.81. The zero-order valence-corrected chi connectivity index (χ0v) is 17.3. The molecule has 1 N–H and O–H groups in total. The van der Waals surface area contributed by atoms with Crippen LogP contribution in [0.3, 0.4) is 0 Å². The molecule has 1 aromatic carbocycles. The number of hydrogen-bond acceptors (Lipinski definition) is 4. The van der Waals surface area contributed by atoms with Crippen LogP contribution in [0.4, 0.5) is 5.69 Å². The maximum atomic E-state index is 13.0. The van der Waals surface area contributed by atoms with E-state index in [-0.39, 0.29) is 4.90 Å². The van der Waals surface area contributed by atoms with Crippen LogP contribution in [0.2, 0.25) is 0 Å². The Balaban J connectivity index is 2.04. The lowest BCUT2D eigenvalue weighted by Crippen LogP contribution is -2.15. The lowest BCUT2D eigenvalue weighted by atomic mass is 10.1. The highest BCUT2D eigenvalue weighted by molar-refractivity contribution is 7.92. The lowest BCUT2D eigenvalue weighted by molar-refractivity contribution is 0.600. The normalized spacial score (nSPS) is 11.7. The van der Waals surface area contributed by atoms with Gasteiger partial charge in [-0.05, 0) is 44.9 Å². The third-order valence-corrected chi connectivity index (χ3v) is 7.24. The minimum absolute atomic E-state index is 0.284. The van der Waals surface area contributed by atoms with Gasteiger partial charge < -0.3 is 4.57 Å². The van der Waals surface area contributed by atoms with Gasteiger partial charge in [0.2, 0.25) is 0 Å². The van der Waals surface area contributed by atoms with E-state index >= 15 is 0 Å². The Morgan fingerprint density at radius 3 is 2.50 bits per heavy atom. The molecule has 0 bridgehead atoms. The van der Waals surface area contributed by atoms with Crippen LogP contribution in [-0.4, -0.2) is 18.0 Å². The molecule has 26 heavy (non-hydrogen) atoms. The molecule has 2 aromatic heterocycles. The van der Waals surface area contributed by atoms with Crippen molar-refractivity contribution in [3.05, 3.63) is 52.2 Å².